The second kappa shape index (κ2) is 11.8. The Hall–Kier alpha value is -4.23. The van der Waals surface area contributed by atoms with Gasteiger partial charge in [0, 0.05) is 74.4 Å². The van der Waals surface area contributed by atoms with Gasteiger partial charge < -0.3 is 36.2 Å². The lowest BCUT2D eigenvalue weighted by molar-refractivity contribution is -0.124. The van der Waals surface area contributed by atoms with Crippen LogP contribution < -0.4 is 26.4 Å². The third-order valence-electron chi connectivity index (χ3n) is 8.02. The van der Waals surface area contributed by atoms with Crippen LogP contribution in [0.1, 0.15) is 44.7 Å². The van der Waals surface area contributed by atoms with Crippen molar-refractivity contribution in [2.45, 2.75) is 18.0 Å². The third-order valence-corrected chi connectivity index (χ3v) is 8.55. The number of likely N-dealkylation sites (N-methyl/N-ethyl adjacent to an activating group) is 1. The maximum absolute atomic E-state index is 15.5. The minimum absolute atomic E-state index is 0.0298. The summed E-state index contributed by atoms with van der Waals surface area (Å²) < 4.78 is 35.3. The molecule has 228 valence electrons. The number of hydrogen-bond acceptors (Lipinski definition) is 8. The molecule has 43 heavy (non-hydrogen) atoms. The van der Waals surface area contributed by atoms with Gasteiger partial charge in [-0.05, 0) is 24.6 Å². The molecule has 2 atom stereocenters. The van der Waals surface area contributed by atoms with E-state index in [1.165, 1.54) is 49.4 Å². The van der Waals surface area contributed by atoms with Crippen LogP contribution in [0.15, 0.2) is 30.3 Å². The zero-order chi connectivity index (χ0) is 31.1. The number of halogens is 3. The van der Waals surface area contributed by atoms with E-state index in [0.717, 1.165) is 0 Å². The lowest BCUT2D eigenvalue weighted by Crippen LogP contribution is -2.55. The number of piperidine rings is 1. The molecule has 0 spiro atoms. The van der Waals surface area contributed by atoms with Crippen molar-refractivity contribution in [3.8, 4) is 5.75 Å². The molecule has 0 bridgehead atoms. The van der Waals surface area contributed by atoms with Crippen molar-refractivity contribution in [2.75, 3.05) is 46.9 Å². The number of alkyl halides is 1. The number of carbonyl (C=O) groups excluding carboxylic acids is 4. The first-order chi connectivity index (χ1) is 20.5. The van der Waals surface area contributed by atoms with Gasteiger partial charge in [-0.25, -0.2) is 4.39 Å². The van der Waals surface area contributed by atoms with Gasteiger partial charge in [-0.2, -0.15) is 4.39 Å². The number of primary amides is 1. The average Bonchev–Trinajstić information content (AvgIpc) is 3.29. The summed E-state index contributed by atoms with van der Waals surface area (Å²) in [6.45, 7) is 2.07. The molecule has 0 saturated carbocycles. The summed E-state index contributed by atoms with van der Waals surface area (Å²) in [7, 11) is 2.57. The summed E-state index contributed by atoms with van der Waals surface area (Å²) in [5, 5.41) is 6.61. The van der Waals surface area contributed by atoms with Crippen LogP contribution in [0.3, 0.4) is 0 Å². The Kier molecular flexibility index (Phi) is 8.30. The average molecular weight is 617 g/mol. The van der Waals surface area contributed by atoms with Gasteiger partial charge in [-0.1, -0.05) is 23.7 Å². The molecule has 2 aromatic carbocycles. The van der Waals surface area contributed by atoms with Crippen LogP contribution in [0.2, 0.25) is 0 Å². The topological polar surface area (TPSA) is 146 Å². The molecule has 2 fully saturated rings. The highest BCUT2D eigenvalue weighted by Crippen LogP contribution is 2.43. The summed E-state index contributed by atoms with van der Waals surface area (Å²) in [5.41, 5.74) is 5.87. The van der Waals surface area contributed by atoms with Gasteiger partial charge in [-0.3, -0.25) is 19.2 Å². The van der Waals surface area contributed by atoms with E-state index in [2.05, 4.69) is 16.0 Å². The van der Waals surface area contributed by atoms with E-state index in [-0.39, 0.29) is 64.1 Å². The fraction of sp³-hybridized carbons (Fsp3) is 0.379. The number of ether oxygens (including phenoxy) is 1. The first-order valence-electron chi connectivity index (χ1n) is 13.7. The van der Waals surface area contributed by atoms with Crippen LogP contribution in [0.4, 0.5) is 8.78 Å². The van der Waals surface area contributed by atoms with E-state index < -0.39 is 34.5 Å². The summed E-state index contributed by atoms with van der Waals surface area (Å²) in [5.74, 6) is -5.16. The van der Waals surface area contributed by atoms with Gasteiger partial charge >= 0.3 is 0 Å². The van der Waals surface area contributed by atoms with Crippen LogP contribution >= 0.6 is 11.6 Å². The third kappa shape index (κ3) is 5.38. The predicted octanol–water partition coefficient (Wildman–Crippen LogP) is 1.47. The van der Waals surface area contributed by atoms with E-state index >= 15 is 4.39 Å². The largest absolute Gasteiger partial charge is 0.494 e. The molecule has 11 nitrogen and oxygen atoms in total. The fourth-order valence-electron chi connectivity index (χ4n) is 5.56. The van der Waals surface area contributed by atoms with E-state index in [9.17, 15) is 23.6 Å². The molecule has 2 aromatic rings. The van der Waals surface area contributed by atoms with Crippen LogP contribution in [0.5, 0.6) is 5.75 Å². The Morgan fingerprint density at radius 2 is 1.79 bits per heavy atom. The van der Waals surface area contributed by atoms with Crippen molar-refractivity contribution >= 4 is 46.5 Å². The molecule has 5 N–H and O–H groups in total. The molecule has 3 aliphatic rings. The molecule has 2 saturated heterocycles. The lowest BCUT2D eigenvalue weighted by Gasteiger charge is -2.30. The van der Waals surface area contributed by atoms with Gasteiger partial charge in [0.1, 0.15) is 0 Å². The number of ketones is 1. The normalized spacial score (nSPS) is 22.3. The molecule has 0 radical (unpaired) electrons. The number of nitrogens with one attached hydrogen (secondary N) is 3. The van der Waals surface area contributed by atoms with Crippen molar-refractivity contribution in [3.63, 3.8) is 0 Å². The highest BCUT2D eigenvalue weighted by molar-refractivity contribution is 6.36. The van der Waals surface area contributed by atoms with Crippen molar-refractivity contribution < 1.29 is 32.7 Å². The van der Waals surface area contributed by atoms with E-state index in [0.29, 0.717) is 32.6 Å². The summed E-state index contributed by atoms with van der Waals surface area (Å²) in [6, 6.07) is 6.96. The number of rotatable bonds is 7. The van der Waals surface area contributed by atoms with Crippen LogP contribution in [-0.4, -0.2) is 85.3 Å². The first kappa shape index (κ1) is 30.2. The Morgan fingerprint density at radius 1 is 1.09 bits per heavy atom. The van der Waals surface area contributed by atoms with Gasteiger partial charge in [0.05, 0.1) is 18.5 Å². The fourth-order valence-corrected chi connectivity index (χ4v) is 5.74. The van der Waals surface area contributed by atoms with Gasteiger partial charge in [0.15, 0.2) is 17.3 Å². The monoisotopic (exact) mass is 616 g/mol. The molecule has 5 rings (SSSR count). The molecule has 2 unspecified atom stereocenters. The molecular formula is C29H31ClF2N6O5. The molecule has 0 aromatic heterocycles. The lowest BCUT2D eigenvalue weighted by atomic mass is 9.88. The van der Waals surface area contributed by atoms with E-state index in [4.69, 9.17) is 22.1 Å². The number of hydrogen-bond donors (Lipinski definition) is 4. The van der Waals surface area contributed by atoms with E-state index in [1.807, 2.05) is 0 Å². The summed E-state index contributed by atoms with van der Waals surface area (Å²) >= 11 is 6.64. The number of Topliss-reactive ketones (excluding diaryl/α,β-unsaturated/α-hetero) is 1. The number of nitrogens with zero attached hydrogens (tertiary/aromatic N) is 2. The van der Waals surface area contributed by atoms with Crippen LogP contribution in [0.25, 0.3) is 11.4 Å². The van der Waals surface area contributed by atoms with Crippen molar-refractivity contribution in [2.24, 2.45) is 11.7 Å². The van der Waals surface area contributed by atoms with Crippen molar-refractivity contribution in [1.82, 2.24) is 25.8 Å². The predicted molar refractivity (Wildman–Crippen MR) is 154 cm³/mol. The zero-order valence-electron chi connectivity index (χ0n) is 23.6. The Balaban J connectivity index is 1.70. The van der Waals surface area contributed by atoms with Crippen LogP contribution in [0, 0.1) is 17.6 Å². The SMILES string of the molecule is COc1ccc(C2=C(c3ccc(C(=O)C4CCC(=O)NC4)cc3C(=O)N3CCNCC3)NC(Cl)(C(N)=O)N2C)c(F)c1F. The van der Waals surface area contributed by atoms with Gasteiger partial charge in [0.2, 0.25) is 11.7 Å². The first-order valence-corrected chi connectivity index (χ1v) is 14.1. The summed E-state index contributed by atoms with van der Waals surface area (Å²) in [6.07, 6.45) is 0.577. The van der Waals surface area contributed by atoms with Crippen molar-refractivity contribution in [3.05, 3.63) is 64.2 Å². The quantitative estimate of drug-likeness (QED) is 0.208. The maximum atomic E-state index is 15.5. The maximum Gasteiger partial charge on any atom is 0.280 e. The minimum Gasteiger partial charge on any atom is -0.494 e. The molecule has 14 heteroatoms. The summed E-state index contributed by atoms with van der Waals surface area (Å²) in [4.78, 5) is 54.4. The Bertz CT molecular complexity index is 1540. The molecule has 3 amide bonds. The van der Waals surface area contributed by atoms with Crippen LogP contribution in [-0.2, 0) is 9.59 Å². The minimum atomic E-state index is -2.10. The standard InChI is InChI=1S/C29H31ClF2N6O5/c1-37-25(18-6-7-20(43-2)23(32)22(18)31)24(36-29(37,30)28(33)42)17-5-3-15(26(40)16-4-8-21(39)35-14-16)13-19(17)27(41)38-11-9-34-10-12-38/h3,5-7,13,16,34,36H,4,8-12,14H2,1-2H3,(H2,33,42)(H,35,39). The highest BCUT2D eigenvalue weighted by Gasteiger charge is 2.49. The molecule has 3 aliphatic heterocycles. The zero-order valence-corrected chi connectivity index (χ0v) is 24.3. The second-order valence-electron chi connectivity index (χ2n) is 10.5. The number of methoxy groups -OCH3 is 1. The molecular weight excluding hydrogens is 586 g/mol. The number of benzene rings is 2. The second-order valence-corrected chi connectivity index (χ2v) is 11.1. The van der Waals surface area contributed by atoms with Gasteiger partial charge in [-0.15, -0.1) is 0 Å². The number of piperazine rings is 1. The molecule has 3 heterocycles. The number of carbonyl (C=O) groups is 4. The van der Waals surface area contributed by atoms with E-state index in [1.54, 1.807) is 4.90 Å². The van der Waals surface area contributed by atoms with Crippen molar-refractivity contribution in [1.29, 1.82) is 0 Å². The Morgan fingerprint density at radius 3 is 2.42 bits per heavy atom. The number of nitrogens with two attached hydrogens (primary N) is 1. The highest BCUT2D eigenvalue weighted by atomic mass is 35.5. The number of amides is 3. The van der Waals surface area contributed by atoms with Gasteiger partial charge in [0.25, 0.3) is 16.9 Å². The molecule has 0 aliphatic carbocycles. The Labute approximate surface area is 251 Å². The smallest absolute Gasteiger partial charge is 0.280 e.